The summed E-state index contributed by atoms with van der Waals surface area (Å²) in [5, 5.41) is 3.80. The van der Waals surface area contributed by atoms with Gasteiger partial charge in [-0.05, 0) is 17.7 Å². The van der Waals surface area contributed by atoms with Crippen molar-refractivity contribution in [3.8, 4) is 11.5 Å². The molecule has 3 nitrogen and oxygen atoms in total. The van der Waals surface area contributed by atoms with Gasteiger partial charge in [-0.1, -0.05) is 0 Å². The van der Waals surface area contributed by atoms with Gasteiger partial charge in [0.05, 0.1) is 19.6 Å². The molecule has 4 heteroatoms. The van der Waals surface area contributed by atoms with Crippen molar-refractivity contribution in [1.29, 1.82) is 0 Å². The first kappa shape index (κ1) is 10.6. The van der Waals surface area contributed by atoms with E-state index in [1.165, 1.54) is 5.56 Å². The molecule has 0 bridgehead atoms. The molecule has 0 saturated carbocycles. The lowest BCUT2D eigenvalue weighted by atomic mass is 10.2. The van der Waals surface area contributed by atoms with Crippen molar-refractivity contribution < 1.29 is 9.47 Å². The molecule has 15 heavy (non-hydrogen) atoms. The SMILES string of the molecule is COc1cc(OC)cc(C2NCCS2)c1. The Morgan fingerprint density at radius 2 is 1.87 bits per heavy atom. The minimum atomic E-state index is 0.369. The van der Waals surface area contributed by atoms with Crippen LogP contribution in [0.4, 0.5) is 0 Å². The monoisotopic (exact) mass is 225 g/mol. The lowest BCUT2D eigenvalue weighted by molar-refractivity contribution is 0.393. The Hall–Kier alpha value is -0.870. The summed E-state index contributed by atoms with van der Waals surface area (Å²) < 4.78 is 10.5. The van der Waals surface area contributed by atoms with E-state index in [0.717, 1.165) is 23.8 Å². The average Bonchev–Trinajstić information content (AvgIpc) is 2.81. The van der Waals surface area contributed by atoms with Crippen LogP contribution in [-0.2, 0) is 0 Å². The fourth-order valence-electron chi connectivity index (χ4n) is 1.62. The van der Waals surface area contributed by atoms with Gasteiger partial charge in [-0.3, -0.25) is 0 Å². The molecular weight excluding hydrogens is 210 g/mol. The van der Waals surface area contributed by atoms with Crippen LogP contribution in [0.1, 0.15) is 10.9 Å². The first-order valence-corrected chi connectivity index (χ1v) is 5.96. The zero-order valence-electron chi connectivity index (χ0n) is 8.95. The zero-order valence-corrected chi connectivity index (χ0v) is 9.76. The van der Waals surface area contributed by atoms with Gasteiger partial charge in [0.15, 0.2) is 0 Å². The second-order valence-corrected chi connectivity index (χ2v) is 4.56. The van der Waals surface area contributed by atoms with Crippen LogP contribution in [0.15, 0.2) is 18.2 Å². The molecule has 1 fully saturated rings. The largest absolute Gasteiger partial charge is 0.497 e. The number of hydrogen-bond acceptors (Lipinski definition) is 4. The third-order valence-corrected chi connectivity index (χ3v) is 3.60. The first-order chi connectivity index (χ1) is 7.33. The van der Waals surface area contributed by atoms with Crippen molar-refractivity contribution in [3.05, 3.63) is 23.8 Å². The smallest absolute Gasteiger partial charge is 0.122 e. The van der Waals surface area contributed by atoms with Gasteiger partial charge in [-0.25, -0.2) is 0 Å². The van der Waals surface area contributed by atoms with E-state index in [-0.39, 0.29) is 0 Å². The summed E-state index contributed by atoms with van der Waals surface area (Å²) in [4.78, 5) is 0. The van der Waals surface area contributed by atoms with Crippen LogP contribution in [0, 0.1) is 0 Å². The maximum absolute atomic E-state index is 5.24. The summed E-state index contributed by atoms with van der Waals surface area (Å²) in [5.74, 6) is 2.85. The number of benzene rings is 1. The second-order valence-electron chi connectivity index (χ2n) is 3.35. The van der Waals surface area contributed by atoms with Gasteiger partial charge in [0.25, 0.3) is 0 Å². The van der Waals surface area contributed by atoms with Crippen molar-refractivity contribution >= 4 is 11.8 Å². The van der Waals surface area contributed by atoms with Crippen molar-refractivity contribution in [2.45, 2.75) is 5.37 Å². The summed E-state index contributed by atoms with van der Waals surface area (Å²) in [6.45, 7) is 1.06. The molecule has 1 atom stereocenters. The molecule has 0 aliphatic carbocycles. The molecule has 1 aromatic carbocycles. The van der Waals surface area contributed by atoms with E-state index in [9.17, 15) is 0 Å². The molecule has 1 aliphatic heterocycles. The minimum Gasteiger partial charge on any atom is -0.497 e. The molecule has 1 N–H and O–H groups in total. The topological polar surface area (TPSA) is 30.5 Å². The summed E-state index contributed by atoms with van der Waals surface area (Å²) in [5.41, 5.74) is 1.22. The van der Waals surface area contributed by atoms with E-state index in [4.69, 9.17) is 9.47 Å². The third kappa shape index (κ3) is 2.38. The molecule has 1 unspecified atom stereocenters. The lowest BCUT2D eigenvalue weighted by Gasteiger charge is -2.13. The molecule has 1 saturated heterocycles. The van der Waals surface area contributed by atoms with E-state index < -0.39 is 0 Å². The number of methoxy groups -OCH3 is 2. The van der Waals surface area contributed by atoms with Gasteiger partial charge in [0.1, 0.15) is 11.5 Å². The summed E-state index contributed by atoms with van der Waals surface area (Å²) in [6.07, 6.45) is 0. The maximum atomic E-state index is 5.24. The Morgan fingerprint density at radius 1 is 1.20 bits per heavy atom. The molecule has 0 aromatic heterocycles. The van der Waals surface area contributed by atoms with E-state index in [0.29, 0.717) is 5.37 Å². The van der Waals surface area contributed by atoms with Crippen LogP contribution >= 0.6 is 11.8 Å². The first-order valence-electron chi connectivity index (χ1n) is 4.91. The van der Waals surface area contributed by atoms with Gasteiger partial charge in [-0.2, -0.15) is 0 Å². The van der Waals surface area contributed by atoms with Crippen molar-refractivity contribution in [1.82, 2.24) is 5.32 Å². The number of thioether (sulfide) groups is 1. The molecular formula is C11H15NO2S. The average molecular weight is 225 g/mol. The van der Waals surface area contributed by atoms with E-state index >= 15 is 0 Å². The Bertz CT molecular complexity index is 315. The predicted molar refractivity (Wildman–Crippen MR) is 62.7 cm³/mol. The lowest BCUT2D eigenvalue weighted by Crippen LogP contribution is -2.12. The third-order valence-electron chi connectivity index (χ3n) is 2.39. The van der Waals surface area contributed by atoms with Crippen molar-refractivity contribution in [2.75, 3.05) is 26.5 Å². The summed E-state index contributed by atoms with van der Waals surface area (Å²) >= 11 is 1.91. The molecule has 0 amide bonds. The van der Waals surface area contributed by atoms with E-state index in [1.807, 2.05) is 17.8 Å². The number of nitrogens with one attached hydrogen (secondary N) is 1. The standard InChI is InChI=1S/C11H15NO2S/c1-13-9-5-8(6-10(7-9)14-2)11-12-3-4-15-11/h5-7,11-12H,3-4H2,1-2H3. The van der Waals surface area contributed by atoms with Crippen molar-refractivity contribution in [2.24, 2.45) is 0 Å². The highest BCUT2D eigenvalue weighted by molar-refractivity contribution is 7.99. The molecule has 1 aliphatic rings. The second kappa shape index (κ2) is 4.77. The highest BCUT2D eigenvalue weighted by Gasteiger charge is 2.18. The van der Waals surface area contributed by atoms with Crippen LogP contribution in [-0.4, -0.2) is 26.5 Å². The molecule has 0 radical (unpaired) electrons. The van der Waals surface area contributed by atoms with Crippen LogP contribution in [0.3, 0.4) is 0 Å². The molecule has 1 aromatic rings. The highest BCUT2D eigenvalue weighted by atomic mass is 32.2. The fraction of sp³-hybridized carbons (Fsp3) is 0.455. The van der Waals surface area contributed by atoms with Crippen LogP contribution in [0.5, 0.6) is 11.5 Å². The summed E-state index contributed by atoms with van der Waals surface area (Å²) in [7, 11) is 3.35. The van der Waals surface area contributed by atoms with Crippen LogP contribution in [0.2, 0.25) is 0 Å². The number of ether oxygens (including phenoxy) is 2. The predicted octanol–water partition coefficient (Wildman–Crippen LogP) is 2.04. The summed E-state index contributed by atoms with van der Waals surface area (Å²) in [6, 6.07) is 6.00. The van der Waals surface area contributed by atoms with Gasteiger partial charge < -0.3 is 14.8 Å². The highest BCUT2D eigenvalue weighted by Crippen LogP contribution is 2.34. The zero-order chi connectivity index (χ0) is 10.7. The quantitative estimate of drug-likeness (QED) is 0.852. The van der Waals surface area contributed by atoms with E-state index in [2.05, 4.69) is 17.4 Å². The van der Waals surface area contributed by atoms with Gasteiger partial charge >= 0.3 is 0 Å². The Labute approximate surface area is 94.2 Å². The van der Waals surface area contributed by atoms with Gasteiger partial charge in [0, 0.05) is 18.4 Å². The Morgan fingerprint density at radius 3 is 2.33 bits per heavy atom. The Kier molecular flexibility index (Phi) is 3.38. The van der Waals surface area contributed by atoms with E-state index in [1.54, 1.807) is 14.2 Å². The minimum absolute atomic E-state index is 0.369. The van der Waals surface area contributed by atoms with Gasteiger partial charge in [-0.15, -0.1) is 11.8 Å². The van der Waals surface area contributed by atoms with Crippen LogP contribution in [0.25, 0.3) is 0 Å². The molecule has 0 spiro atoms. The molecule has 82 valence electrons. The van der Waals surface area contributed by atoms with Gasteiger partial charge in [0.2, 0.25) is 0 Å². The molecule has 1 heterocycles. The Balaban J connectivity index is 2.28. The normalized spacial score (nSPS) is 20.3. The maximum Gasteiger partial charge on any atom is 0.122 e. The van der Waals surface area contributed by atoms with Crippen molar-refractivity contribution in [3.63, 3.8) is 0 Å². The fourth-order valence-corrected chi connectivity index (χ4v) is 2.66. The molecule has 2 rings (SSSR count). The van der Waals surface area contributed by atoms with Crippen LogP contribution < -0.4 is 14.8 Å². The number of hydrogen-bond donors (Lipinski definition) is 1. The number of rotatable bonds is 3.